The van der Waals surface area contributed by atoms with E-state index in [1.54, 1.807) is 9.34 Å². The lowest BCUT2D eigenvalue weighted by molar-refractivity contribution is 0.437. The molecule has 0 bridgehead atoms. The van der Waals surface area contributed by atoms with E-state index >= 15 is 0 Å². The van der Waals surface area contributed by atoms with Gasteiger partial charge >= 0.3 is 7.59 Å². The summed E-state index contributed by atoms with van der Waals surface area (Å²) in [4.78, 5) is 0. The van der Waals surface area contributed by atoms with Gasteiger partial charge in [-0.15, -0.1) is 0 Å². The molecule has 0 aliphatic carbocycles. The summed E-state index contributed by atoms with van der Waals surface area (Å²) in [5.74, 6) is 0. The Bertz CT molecular complexity index is 262. The highest BCUT2D eigenvalue weighted by atomic mass is 31.2. The van der Waals surface area contributed by atoms with Crippen molar-refractivity contribution >= 4 is 7.59 Å². The van der Waals surface area contributed by atoms with Crippen LogP contribution in [0.25, 0.3) is 0 Å². The maximum absolute atomic E-state index is 12.7. The molecule has 0 fully saturated rings. The number of rotatable bonds is 7. The molecule has 16 heavy (non-hydrogen) atoms. The molecule has 0 heterocycles. The molecule has 5 heteroatoms. The third kappa shape index (κ3) is 4.28. The molecule has 1 N–H and O–H groups in total. The van der Waals surface area contributed by atoms with Gasteiger partial charge in [-0.05, 0) is 41.0 Å². The Morgan fingerprint density at radius 1 is 1.19 bits per heavy atom. The summed E-state index contributed by atoms with van der Waals surface area (Å²) < 4.78 is 16.2. The molecule has 0 aromatic carbocycles. The van der Waals surface area contributed by atoms with Gasteiger partial charge in [0.2, 0.25) is 0 Å². The first-order valence-electron chi connectivity index (χ1n) is 5.81. The predicted molar refractivity (Wildman–Crippen MR) is 71.4 cm³/mol. The fraction of sp³-hybridized carbons (Fsp3) is 0.818. The minimum Gasteiger partial charge on any atom is -0.317 e. The van der Waals surface area contributed by atoms with Gasteiger partial charge in [-0.25, -0.2) is 9.34 Å². The van der Waals surface area contributed by atoms with E-state index < -0.39 is 7.59 Å². The molecular weight excluding hydrogens is 221 g/mol. The topological polar surface area (TPSA) is 35.6 Å². The van der Waals surface area contributed by atoms with Crippen molar-refractivity contribution < 1.29 is 4.57 Å². The number of nitrogens with one attached hydrogen (secondary N) is 1. The second kappa shape index (κ2) is 7.10. The van der Waals surface area contributed by atoms with Gasteiger partial charge in [-0.3, -0.25) is 4.57 Å². The van der Waals surface area contributed by atoms with Crippen LogP contribution in [0.4, 0.5) is 0 Å². The fourth-order valence-electron chi connectivity index (χ4n) is 1.46. The highest BCUT2D eigenvalue weighted by molar-refractivity contribution is 7.57. The Kier molecular flexibility index (Phi) is 6.96. The van der Waals surface area contributed by atoms with E-state index in [9.17, 15) is 4.57 Å². The Hall–Kier alpha value is -0.310. The van der Waals surface area contributed by atoms with E-state index in [4.69, 9.17) is 0 Å². The summed E-state index contributed by atoms with van der Waals surface area (Å²) >= 11 is 0. The standard InChI is InChI=1S/C11H26N3OP/c1-7-9-11(10-8-2)12-16(15,13(3)4)14(5)6/h9H,7-8,10H2,1-6H3,(H,12,15)/b11-9-. The number of hydrogen-bond acceptors (Lipinski definition) is 1. The molecule has 96 valence electrons. The average molecular weight is 247 g/mol. The maximum atomic E-state index is 12.7. The van der Waals surface area contributed by atoms with Crippen LogP contribution in [0.1, 0.15) is 33.1 Å². The molecule has 0 unspecified atom stereocenters. The van der Waals surface area contributed by atoms with Crippen molar-refractivity contribution in [3.8, 4) is 0 Å². The zero-order chi connectivity index (χ0) is 12.8. The van der Waals surface area contributed by atoms with Gasteiger partial charge in [0.1, 0.15) is 0 Å². The molecule has 0 saturated carbocycles. The first kappa shape index (κ1) is 15.7. The molecule has 0 aromatic rings. The normalized spacial score (nSPS) is 13.6. The maximum Gasteiger partial charge on any atom is 0.307 e. The highest BCUT2D eigenvalue weighted by Gasteiger charge is 2.28. The summed E-state index contributed by atoms with van der Waals surface area (Å²) in [7, 11) is 4.72. The number of hydrogen-bond donors (Lipinski definition) is 1. The summed E-state index contributed by atoms with van der Waals surface area (Å²) in [6.45, 7) is 4.22. The molecule has 0 aliphatic rings. The van der Waals surface area contributed by atoms with E-state index in [2.05, 4.69) is 25.0 Å². The molecular formula is C11H26N3OP. The fourth-order valence-corrected chi connectivity index (χ4v) is 3.16. The molecule has 0 saturated heterocycles. The van der Waals surface area contributed by atoms with Gasteiger partial charge in [0, 0.05) is 5.70 Å². The molecule has 4 nitrogen and oxygen atoms in total. The van der Waals surface area contributed by atoms with Crippen LogP contribution in [0.15, 0.2) is 11.8 Å². The Labute approximate surface area is 100 Å². The smallest absolute Gasteiger partial charge is 0.307 e. The van der Waals surface area contributed by atoms with Crippen molar-refractivity contribution in [2.75, 3.05) is 28.2 Å². The van der Waals surface area contributed by atoms with Crippen LogP contribution in [0.5, 0.6) is 0 Å². The molecule has 0 aliphatic heterocycles. The third-order valence-corrected chi connectivity index (χ3v) is 5.09. The van der Waals surface area contributed by atoms with Crippen molar-refractivity contribution in [3.05, 3.63) is 11.8 Å². The minimum absolute atomic E-state index is 0.944. The molecule has 0 rings (SSSR count). The zero-order valence-electron chi connectivity index (χ0n) is 11.4. The van der Waals surface area contributed by atoms with Crippen molar-refractivity contribution in [2.45, 2.75) is 33.1 Å². The van der Waals surface area contributed by atoms with Crippen LogP contribution in [0.2, 0.25) is 0 Å². The first-order valence-corrected chi connectivity index (χ1v) is 7.42. The molecule has 0 radical (unpaired) electrons. The van der Waals surface area contributed by atoms with Crippen LogP contribution >= 0.6 is 7.59 Å². The van der Waals surface area contributed by atoms with E-state index in [1.807, 2.05) is 28.2 Å². The van der Waals surface area contributed by atoms with Crippen molar-refractivity contribution in [3.63, 3.8) is 0 Å². The van der Waals surface area contributed by atoms with Crippen LogP contribution in [0, 0.1) is 0 Å². The Morgan fingerprint density at radius 2 is 1.69 bits per heavy atom. The predicted octanol–water partition coefficient (Wildman–Crippen LogP) is 2.90. The van der Waals surface area contributed by atoms with Crippen LogP contribution < -0.4 is 5.09 Å². The van der Waals surface area contributed by atoms with Crippen molar-refractivity contribution in [1.29, 1.82) is 0 Å². The van der Waals surface area contributed by atoms with E-state index in [0.29, 0.717) is 0 Å². The average Bonchev–Trinajstić information content (AvgIpc) is 2.17. The summed E-state index contributed by atoms with van der Waals surface area (Å²) in [6.07, 6.45) is 5.07. The van der Waals surface area contributed by atoms with Gasteiger partial charge in [-0.1, -0.05) is 26.3 Å². The van der Waals surface area contributed by atoms with Crippen LogP contribution in [-0.4, -0.2) is 37.5 Å². The van der Waals surface area contributed by atoms with Gasteiger partial charge < -0.3 is 5.09 Å². The lowest BCUT2D eigenvalue weighted by Crippen LogP contribution is -2.30. The second-order valence-electron chi connectivity index (χ2n) is 4.24. The van der Waals surface area contributed by atoms with E-state index in [1.165, 1.54) is 0 Å². The highest BCUT2D eigenvalue weighted by Crippen LogP contribution is 2.46. The van der Waals surface area contributed by atoms with Gasteiger partial charge in [-0.2, -0.15) is 0 Å². The third-order valence-electron chi connectivity index (χ3n) is 2.34. The largest absolute Gasteiger partial charge is 0.317 e. The van der Waals surface area contributed by atoms with Gasteiger partial charge in [0.25, 0.3) is 0 Å². The summed E-state index contributed by atoms with van der Waals surface area (Å²) in [5.41, 5.74) is 1.08. The lowest BCUT2D eigenvalue weighted by Gasteiger charge is -2.32. The second-order valence-corrected chi connectivity index (χ2v) is 7.15. The van der Waals surface area contributed by atoms with Crippen LogP contribution in [0.3, 0.4) is 0 Å². The summed E-state index contributed by atoms with van der Waals surface area (Å²) in [5, 5.41) is 3.20. The minimum atomic E-state index is -2.63. The SMILES string of the molecule is CC/C=C(/CCC)NP(=O)(N(C)C)N(C)C. The van der Waals surface area contributed by atoms with E-state index in [0.717, 1.165) is 25.0 Å². The summed E-state index contributed by atoms with van der Waals surface area (Å²) in [6, 6.07) is 0. The molecule has 0 atom stereocenters. The van der Waals surface area contributed by atoms with Gasteiger partial charge in [0.05, 0.1) is 0 Å². The molecule has 0 spiro atoms. The van der Waals surface area contributed by atoms with Crippen LogP contribution in [-0.2, 0) is 4.57 Å². The number of nitrogens with zero attached hydrogens (tertiary/aromatic N) is 2. The molecule has 0 aromatic heterocycles. The lowest BCUT2D eigenvalue weighted by atomic mass is 10.2. The first-order chi connectivity index (χ1) is 7.38. The monoisotopic (exact) mass is 247 g/mol. The quantitative estimate of drug-likeness (QED) is 0.702. The van der Waals surface area contributed by atoms with Gasteiger partial charge in [0.15, 0.2) is 0 Å². The van der Waals surface area contributed by atoms with Crippen molar-refractivity contribution in [1.82, 2.24) is 14.4 Å². The van der Waals surface area contributed by atoms with Crippen molar-refractivity contribution in [2.24, 2.45) is 0 Å². The Morgan fingerprint density at radius 3 is 2.00 bits per heavy atom. The molecule has 0 amide bonds. The number of allylic oxidation sites excluding steroid dienone is 2. The Balaban J connectivity index is 4.86. The van der Waals surface area contributed by atoms with E-state index in [-0.39, 0.29) is 0 Å². The zero-order valence-corrected chi connectivity index (χ0v) is 12.3.